The maximum Gasteiger partial charge on any atom is 0.240 e. The van der Waals surface area contributed by atoms with Crippen LogP contribution in [0.3, 0.4) is 0 Å². The molecular formula is C27H31N5O2. The smallest absolute Gasteiger partial charge is 0.240 e. The minimum atomic E-state index is -0.596. The summed E-state index contributed by atoms with van der Waals surface area (Å²) in [6.07, 6.45) is 2.70. The molecule has 0 radical (unpaired) electrons. The van der Waals surface area contributed by atoms with Gasteiger partial charge in [0.2, 0.25) is 5.91 Å². The Balaban J connectivity index is 1.39. The van der Waals surface area contributed by atoms with Crippen molar-refractivity contribution in [1.82, 2.24) is 4.90 Å². The average Bonchev–Trinajstić information content (AvgIpc) is 3.28. The minimum Gasteiger partial charge on any atom is -0.372 e. The number of likely N-dealkylation sites (tertiary alicyclic amines) is 1. The summed E-state index contributed by atoms with van der Waals surface area (Å²) in [5.41, 5.74) is 17.1. The molecule has 0 saturated carbocycles. The minimum absolute atomic E-state index is 0.0322. The summed E-state index contributed by atoms with van der Waals surface area (Å²) >= 11 is 0. The third kappa shape index (κ3) is 6.14. The number of hydrogen-bond donors (Lipinski definition) is 1. The first kappa shape index (κ1) is 23.8. The summed E-state index contributed by atoms with van der Waals surface area (Å²) < 4.78 is 6.26. The number of carbonyl (C=O) groups is 1. The summed E-state index contributed by atoms with van der Waals surface area (Å²) in [5.74, 6) is -0.0468. The third-order valence-corrected chi connectivity index (χ3v) is 6.43. The molecule has 176 valence electrons. The lowest BCUT2D eigenvalue weighted by Crippen LogP contribution is -2.47. The Morgan fingerprint density at radius 3 is 2.65 bits per heavy atom. The number of nitrogens with zero attached hydrogens (tertiary/aromatic N) is 4. The molecule has 1 saturated heterocycles. The summed E-state index contributed by atoms with van der Waals surface area (Å²) in [7, 11) is 0. The lowest BCUT2D eigenvalue weighted by atomic mass is 10.0. The predicted molar refractivity (Wildman–Crippen MR) is 134 cm³/mol. The van der Waals surface area contributed by atoms with Gasteiger partial charge in [-0.15, -0.1) is 0 Å². The van der Waals surface area contributed by atoms with E-state index in [1.165, 1.54) is 10.8 Å². The van der Waals surface area contributed by atoms with E-state index in [0.29, 0.717) is 26.1 Å². The van der Waals surface area contributed by atoms with Gasteiger partial charge in [-0.05, 0) is 59.2 Å². The fraction of sp³-hybridized carbons (Fsp3) is 0.370. The zero-order valence-corrected chi connectivity index (χ0v) is 19.3. The molecule has 7 heteroatoms. The zero-order valence-electron chi connectivity index (χ0n) is 19.3. The van der Waals surface area contributed by atoms with Gasteiger partial charge in [0.1, 0.15) is 0 Å². The average molecular weight is 458 g/mol. The molecule has 2 N–H and O–H groups in total. The summed E-state index contributed by atoms with van der Waals surface area (Å²) in [5, 5.41) is 6.03. The van der Waals surface area contributed by atoms with Gasteiger partial charge in [-0.25, -0.2) is 0 Å². The molecule has 3 aromatic carbocycles. The van der Waals surface area contributed by atoms with Crippen LogP contribution in [-0.2, 0) is 22.6 Å². The van der Waals surface area contributed by atoms with Crippen molar-refractivity contribution in [2.45, 2.75) is 50.5 Å². The number of carbonyl (C=O) groups excluding carboxylic acids is 1. The van der Waals surface area contributed by atoms with Crippen LogP contribution in [0.2, 0.25) is 0 Å². The van der Waals surface area contributed by atoms with Crippen LogP contribution in [0.5, 0.6) is 0 Å². The monoisotopic (exact) mass is 457 g/mol. The van der Waals surface area contributed by atoms with Crippen molar-refractivity contribution in [2.24, 2.45) is 10.8 Å². The first-order valence-electron chi connectivity index (χ1n) is 11.8. The molecule has 1 fully saturated rings. The number of ether oxygens (including phenoxy) is 1. The van der Waals surface area contributed by atoms with Gasteiger partial charge in [-0.3, -0.25) is 4.79 Å². The van der Waals surface area contributed by atoms with E-state index in [2.05, 4.69) is 40.4 Å². The number of azide groups is 1. The van der Waals surface area contributed by atoms with Gasteiger partial charge in [0.15, 0.2) is 0 Å². The van der Waals surface area contributed by atoms with E-state index in [1.807, 2.05) is 47.4 Å². The summed E-state index contributed by atoms with van der Waals surface area (Å²) in [6.45, 7) is 1.45. The van der Waals surface area contributed by atoms with E-state index in [0.717, 1.165) is 30.4 Å². The van der Waals surface area contributed by atoms with E-state index in [9.17, 15) is 4.79 Å². The number of benzene rings is 3. The second-order valence-corrected chi connectivity index (χ2v) is 8.89. The third-order valence-electron chi connectivity index (χ3n) is 6.43. The Bertz CT molecular complexity index is 1150. The molecule has 0 aromatic heterocycles. The maximum absolute atomic E-state index is 13.3. The van der Waals surface area contributed by atoms with Crippen molar-refractivity contribution in [1.29, 1.82) is 0 Å². The van der Waals surface area contributed by atoms with Gasteiger partial charge in [-0.1, -0.05) is 71.8 Å². The van der Waals surface area contributed by atoms with Crippen LogP contribution in [-0.4, -0.2) is 42.1 Å². The second-order valence-electron chi connectivity index (χ2n) is 8.89. The fourth-order valence-corrected chi connectivity index (χ4v) is 4.69. The first-order chi connectivity index (χ1) is 16.6. The standard InChI is InChI=1S/C27H31N5O2/c28-26(16-20-7-2-1-3-8-20)27(33)32-18-25(17-24(32)11-6-14-30-31-29)34-19-21-12-13-22-9-4-5-10-23(22)15-21/h1-5,7-10,12-13,15,24-26H,6,11,14,16-19,28H2/t24-,25+,26+/m0/s1. The van der Waals surface area contributed by atoms with E-state index in [4.69, 9.17) is 16.0 Å². The lowest BCUT2D eigenvalue weighted by Gasteiger charge is -2.27. The summed E-state index contributed by atoms with van der Waals surface area (Å²) in [6, 6.07) is 23.9. The fourth-order valence-electron chi connectivity index (χ4n) is 4.69. The number of nitrogens with two attached hydrogens (primary N) is 1. The summed E-state index contributed by atoms with van der Waals surface area (Å²) in [4.78, 5) is 18.0. The predicted octanol–water partition coefficient (Wildman–Crippen LogP) is 4.99. The van der Waals surface area contributed by atoms with Gasteiger partial charge in [0.05, 0.1) is 18.8 Å². The molecule has 34 heavy (non-hydrogen) atoms. The number of hydrogen-bond acceptors (Lipinski definition) is 4. The zero-order chi connectivity index (χ0) is 23.8. The van der Waals surface area contributed by atoms with Crippen molar-refractivity contribution in [2.75, 3.05) is 13.1 Å². The Morgan fingerprint density at radius 1 is 1.09 bits per heavy atom. The number of rotatable bonds is 10. The van der Waals surface area contributed by atoms with E-state index >= 15 is 0 Å². The molecular weight excluding hydrogens is 426 g/mol. The molecule has 0 bridgehead atoms. The van der Waals surface area contributed by atoms with Gasteiger partial charge >= 0.3 is 0 Å². The van der Waals surface area contributed by atoms with Crippen molar-refractivity contribution in [3.05, 3.63) is 94.4 Å². The molecule has 3 atom stereocenters. The molecule has 0 unspecified atom stereocenters. The number of fused-ring (bicyclic) bond motifs is 1. The Kier molecular flexibility index (Phi) is 8.15. The van der Waals surface area contributed by atoms with Crippen LogP contribution in [0.15, 0.2) is 77.9 Å². The van der Waals surface area contributed by atoms with Crippen LogP contribution in [0, 0.1) is 0 Å². The highest BCUT2D eigenvalue weighted by molar-refractivity contribution is 5.83. The van der Waals surface area contributed by atoms with Gasteiger partial charge in [-0.2, -0.15) is 0 Å². The molecule has 0 aliphatic carbocycles. The van der Waals surface area contributed by atoms with E-state index < -0.39 is 6.04 Å². The SMILES string of the molecule is [N-]=[N+]=NCCC[C@H]1C[C@@H](OCc2ccc3ccccc3c2)CN1C(=O)[C@H](N)Cc1ccccc1. The molecule has 1 heterocycles. The first-order valence-corrected chi connectivity index (χ1v) is 11.8. The highest BCUT2D eigenvalue weighted by Gasteiger charge is 2.37. The normalized spacial score (nSPS) is 18.6. The number of amides is 1. The highest BCUT2D eigenvalue weighted by atomic mass is 16.5. The molecule has 1 amide bonds. The molecule has 3 aromatic rings. The van der Waals surface area contributed by atoms with Crippen LogP contribution < -0.4 is 5.73 Å². The maximum atomic E-state index is 13.3. The van der Waals surface area contributed by atoms with Gasteiger partial charge in [0.25, 0.3) is 0 Å². The largest absolute Gasteiger partial charge is 0.372 e. The van der Waals surface area contributed by atoms with Crippen molar-refractivity contribution < 1.29 is 9.53 Å². The van der Waals surface area contributed by atoms with Crippen molar-refractivity contribution >= 4 is 16.7 Å². The van der Waals surface area contributed by atoms with Crippen molar-refractivity contribution in [3.8, 4) is 0 Å². The Hall–Kier alpha value is -3.38. The molecule has 0 spiro atoms. The topological polar surface area (TPSA) is 104 Å². The Labute approximate surface area is 200 Å². The van der Waals surface area contributed by atoms with Gasteiger partial charge in [0, 0.05) is 24.0 Å². The van der Waals surface area contributed by atoms with Crippen LogP contribution in [0.4, 0.5) is 0 Å². The molecule has 1 aliphatic heterocycles. The highest BCUT2D eigenvalue weighted by Crippen LogP contribution is 2.26. The van der Waals surface area contributed by atoms with Gasteiger partial charge < -0.3 is 15.4 Å². The lowest BCUT2D eigenvalue weighted by molar-refractivity contribution is -0.134. The Morgan fingerprint density at radius 2 is 1.85 bits per heavy atom. The van der Waals surface area contributed by atoms with Crippen LogP contribution in [0.25, 0.3) is 21.2 Å². The molecule has 7 nitrogen and oxygen atoms in total. The quantitative estimate of drug-likeness (QED) is 0.201. The van der Waals surface area contributed by atoms with Crippen LogP contribution in [0.1, 0.15) is 30.4 Å². The molecule has 4 rings (SSSR count). The van der Waals surface area contributed by atoms with E-state index in [-0.39, 0.29) is 18.1 Å². The molecule has 1 aliphatic rings. The second kappa shape index (κ2) is 11.7. The van der Waals surface area contributed by atoms with Crippen molar-refractivity contribution in [3.63, 3.8) is 0 Å². The van der Waals surface area contributed by atoms with E-state index in [1.54, 1.807) is 0 Å². The van der Waals surface area contributed by atoms with Crippen LogP contribution >= 0.6 is 0 Å².